The summed E-state index contributed by atoms with van der Waals surface area (Å²) in [5, 5.41) is 0. The molecule has 0 amide bonds. The zero-order chi connectivity index (χ0) is 31.7. The number of hydrogen-bond acceptors (Lipinski definition) is 4. The highest BCUT2D eigenvalue weighted by Gasteiger charge is 2.46. The van der Waals surface area contributed by atoms with E-state index in [2.05, 4.69) is 98.1 Å². The van der Waals surface area contributed by atoms with Gasteiger partial charge >= 0.3 is 5.97 Å². The van der Waals surface area contributed by atoms with Gasteiger partial charge in [0.05, 0.1) is 5.41 Å². The molecule has 0 unspecified atom stereocenters. The van der Waals surface area contributed by atoms with Gasteiger partial charge in [-0.1, -0.05) is 134 Å². The van der Waals surface area contributed by atoms with E-state index in [9.17, 15) is 9.59 Å². The fraction of sp³-hybridized carbons (Fsp3) is 0.143. The van der Waals surface area contributed by atoms with Gasteiger partial charge in [0.2, 0.25) is 0 Å². The monoisotopic (exact) mass is 602 g/mol. The van der Waals surface area contributed by atoms with Crippen LogP contribution in [0.3, 0.4) is 0 Å². The largest absolute Gasteiger partial charge is 0.461 e. The maximum Gasteiger partial charge on any atom is 0.330 e. The van der Waals surface area contributed by atoms with Crippen LogP contribution in [0.25, 0.3) is 22.3 Å². The molecule has 5 aromatic rings. The zero-order valence-electron chi connectivity index (χ0n) is 25.6. The SMILES string of the molecule is C=CC(=O)COC1(Cc2ccc(CC3(COC(=O)C=C)c4ccccc4-c4ccccc43)cc2)c2ccccc2-c2ccccc21. The molecule has 5 aromatic carbocycles. The van der Waals surface area contributed by atoms with Crippen molar-refractivity contribution in [3.63, 3.8) is 0 Å². The van der Waals surface area contributed by atoms with Crippen molar-refractivity contribution in [2.24, 2.45) is 0 Å². The van der Waals surface area contributed by atoms with Gasteiger partial charge in [0.1, 0.15) is 18.8 Å². The van der Waals surface area contributed by atoms with Crippen LogP contribution in [0.5, 0.6) is 0 Å². The van der Waals surface area contributed by atoms with Gasteiger partial charge in [0, 0.05) is 12.5 Å². The van der Waals surface area contributed by atoms with Crippen LogP contribution < -0.4 is 0 Å². The van der Waals surface area contributed by atoms with Crippen molar-refractivity contribution in [1.82, 2.24) is 0 Å². The third-order valence-electron chi connectivity index (χ3n) is 9.49. The minimum atomic E-state index is -0.823. The van der Waals surface area contributed by atoms with Gasteiger partial charge < -0.3 is 9.47 Å². The number of fused-ring (bicyclic) bond motifs is 6. The molecule has 0 heterocycles. The van der Waals surface area contributed by atoms with Gasteiger partial charge in [-0.25, -0.2) is 4.79 Å². The second-order valence-corrected chi connectivity index (χ2v) is 12.0. The zero-order valence-corrected chi connectivity index (χ0v) is 25.6. The predicted octanol–water partition coefficient (Wildman–Crippen LogP) is 8.16. The Balaban J connectivity index is 1.26. The third-order valence-corrected chi connectivity index (χ3v) is 9.49. The van der Waals surface area contributed by atoms with Crippen molar-refractivity contribution in [1.29, 1.82) is 0 Å². The predicted molar refractivity (Wildman–Crippen MR) is 181 cm³/mol. The molecule has 0 fully saturated rings. The van der Waals surface area contributed by atoms with Crippen LogP contribution >= 0.6 is 0 Å². The molecule has 0 spiro atoms. The van der Waals surface area contributed by atoms with Crippen LogP contribution in [-0.2, 0) is 42.9 Å². The van der Waals surface area contributed by atoms with E-state index in [4.69, 9.17) is 9.47 Å². The lowest BCUT2D eigenvalue weighted by Crippen LogP contribution is -2.35. The molecule has 4 nitrogen and oxygen atoms in total. The van der Waals surface area contributed by atoms with Gasteiger partial charge in [0.25, 0.3) is 0 Å². The summed E-state index contributed by atoms with van der Waals surface area (Å²) in [6.45, 7) is 7.40. The van der Waals surface area contributed by atoms with Crippen molar-refractivity contribution in [3.8, 4) is 22.3 Å². The van der Waals surface area contributed by atoms with Crippen molar-refractivity contribution >= 4 is 11.8 Å². The Morgan fingerprint density at radius 3 is 1.48 bits per heavy atom. The molecule has 0 aliphatic heterocycles. The molecule has 4 heteroatoms. The fourth-order valence-corrected chi connectivity index (χ4v) is 7.41. The highest BCUT2D eigenvalue weighted by Crippen LogP contribution is 2.52. The standard InChI is InChI=1S/C42H34O4/c1-3-31(43)27-46-42(38-19-11-7-15-34(38)35-16-8-12-20-39(35)42)26-30-23-21-29(22-24-30)25-41(28-45-40(44)4-2)36-17-9-5-13-32(36)33-14-6-10-18-37(33)41/h3-24H,1-2,25-28H2. The van der Waals surface area contributed by atoms with Gasteiger partial charge in [0.15, 0.2) is 5.78 Å². The van der Waals surface area contributed by atoms with E-state index in [1.165, 1.54) is 12.2 Å². The topological polar surface area (TPSA) is 52.6 Å². The first-order valence-corrected chi connectivity index (χ1v) is 15.5. The summed E-state index contributed by atoms with van der Waals surface area (Å²) in [5.74, 6) is -0.592. The van der Waals surface area contributed by atoms with Crippen LogP contribution in [0.4, 0.5) is 0 Å². The molecular weight excluding hydrogens is 568 g/mol. The first-order chi connectivity index (χ1) is 22.5. The molecule has 7 rings (SSSR count). The number of esters is 1. The molecule has 226 valence electrons. The summed E-state index contributed by atoms with van der Waals surface area (Å²) in [6.07, 6.45) is 3.73. The Kier molecular flexibility index (Phi) is 7.59. The Morgan fingerprint density at radius 1 is 0.565 bits per heavy atom. The van der Waals surface area contributed by atoms with Crippen LogP contribution in [0, 0.1) is 0 Å². The number of benzene rings is 5. The van der Waals surface area contributed by atoms with E-state index in [1.54, 1.807) is 0 Å². The molecule has 0 atom stereocenters. The number of hydrogen-bond donors (Lipinski definition) is 0. The maximum absolute atomic E-state index is 12.4. The first kappa shape index (κ1) is 29.4. The van der Waals surface area contributed by atoms with Crippen molar-refractivity contribution in [2.75, 3.05) is 13.2 Å². The summed E-state index contributed by atoms with van der Waals surface area (Å²) < 4.78 is 12.4. The lowest BCUT2D eigenvalue weighted by molar-refractivity contribution is -0.139. The molecule has 2 aliphatic carbocycles. The smallest absolute Gasteiger partial charge is 0.330 e. The summed E-state index contributed by atoms with van der Waals surface area (Å²) in [6, 6.07) is 42.0. The third kappa shape index (κ3) is 4.83. The van der Waals surface area contributed by atoms with Gasteiger partial charge in [-0.05, 0) is 68.1 Å². The molecule has 0 aromatic heterocycles. The fourth-order valence-electron chi connectivity index (χ4n) is 7.41. The number of carbonyl (C=O) groups is 2. The van der Waals surface area contributed by atoms with E-state index in [1.807, 2.05) is 36.4 Å². The minimum absolute atomic E-state index is 0.0605. The molecule has 0 radical (unpaired) electrons. The second-order valence-electron chi connectivity index (χ2n) is 12.0. The average molecular weight is 603 g/mol. The van der Waals surface area contributed by atoms with E-state index in [-0.39, 0.29) is 19.0 Å². The second kappa shape index (κ2) is 11.9. The van der Waals surface area contributed by atoms with Crippen LogP contribution in [-0.4, -0.2) is 25.0 Å². The van der Waals surface area contributed by atoms with Gasteiger partial charge in [-0.15, -0.1) is 0 Å². The number of ether oxygens (including phenoxy) is 2. The van der Waals surface area contributed by atoms with Crippen LogP contribution in [0.15, 0.2) is 147 Å². The average Bonchev–Trinajstić information content (AvgIpc) is 3.54. The Hall–Kier alpha value is -5.32. The Morgan fingerprint density at radius 2 is 1.00 bits per heavy atom. The lowest BCUT2D eigenvalue weighted by Gasteiger charge is -2.33. The molecule has 0 bridgehead atoms. The van der Waals surface area contributed by atoms with Gasteiger partial charge in [-0.2, -0.15) is 0 Å². The summed E-state index contributed by atoms with van der Waals surface area (Å²) in [7, 11) is 0. The van der Waals surface area contributed by atoms with Crippen LogP contribution in [0.2, 0.25) is 0 Å². The normalized spacial score (nSPS) is 14.3. The van der Waals surface area contributed by atoms with Crippen molar-refractivity contribution < 1.29 is 19.1 Å². The van der Waals surface area contributed by atoms with E-state index in [0.29, 0.717) is 12.8 Å². The first-order valence-electron chi connectivity index (χ1n) is 15.5. The van der Waals surface area contributed by atoms with Gasteiger partial charge in [-0.3, -0.25) is 4.79 Å². The number of ketones is 1. The highest BCUT2D eigenvalue weighted by atomic mass is 16.5. The van der Waals surface area contributed by atoms with E-state index in [0.717, 1.165) is 55.6 Å². The maximum atomic E-state index is 12.4. The van der Waals surface area contributed by atoms with E-state index >= 15 is 0 Å². The Bertz CT molecular complexity index is 1750. The highest BCUT2D eigenvalue weighted by molar-refractivity contribution is 5.90. The molecule has 0 saturated heterocycles. The van der Waals surface area contributed by atoms with Crippen LogP contribution in [0.1, 0.15) is 33.4 Å². The van der Waals surface area contributed by atoms with E-state index < -0.39 is 17.0 Å². The van der Waals surface area contributed by atoms with Crippen molar-refractivity contribution in [3.05, 3.63) is 180 Å². The molecular formula is C42H34O4. The molecule has 0 saturated carbocycles. The number of carbonyl (C=O) groups excluding carboxylic acids is 2. The summed E-state index contributed by atoms with van der Waals surface area (Å²) in [4.78, 5) is 24.8. The molecule has 0 N–H and O–H groups in total. The summed E-state index contributed by atoms with van der Waals surface area (Å²) in [5.41, 5.74) is 9.81. The molecule has 46 heavy (non-hydrogen) atoms. The Labute approximate surface area is 269 Å². The molecule has 2 aliphatic rings. The van der Waals surface area contributed by atoms with Crippen molar-refractivity contribution in [2.45, 2.75) is 23.9 Å². The lowest BCUT2D eigenvalue weighted by atomic mass is 9.74. The quantitative estimate of drug-likeness (QED) is 0.113. The summed E-state index contributed by atoms with van der Waals surface area (Å²) >= 11 is 0. The number of rotatable bonds is 11. The minimum Gasteiger partial charge on any atom is -0.461 e.